The fourth-order valence-corrected chi connectivity index (χ4v) is 18.8. The predicted molar refractivity (Wildman–Crippen MR) is 526 cm³/mol. The van der Waals surface area contributed by atoms with E-state index >= 15 is 0 Å². The number of benzene rings is 14. The Balaban J connectivity index is 1.00. The summed E-state index contributed by atoms with van der Waals surface area (Å²) in [5, 5.41) is 4.93. The average Bonchev–Trinajstić information content (AvgIpc) is 1.57. The molecule has 0 bridgehead atoms. The summed E-state index contributed by atoms with van der Waals surface area (Å²) < 4.78 is 5.15. The summed E-state index contributed by atoms with van der Waals surface area (Å²) in [7, 11) is 0. The van der Waals surface area contributed by atoms with Gasteiger partial charge in [0.15, 0.2) is 17.5 Å². The predicted octanol–water partition coefficient (Wildman–Crippen LogP) is 29.2. The summed E-state index contributed by atoms with van der Waals surface area (Å²) in [6, 6.07) is 114. The first-order valence-electron chi connectivity index (χ1n) is 44.1. The van der Waals surface area contributed by atoms with Crippen molar-refractivity contribution in [3.8, 4) is 78.9 Å². The van der Waals surface area contributed by atoms with Gasteiger partial charge >= 0.3 is 0 Å². The van der Waals surface area contributed by atoms with Crippen LogP contribution < -0.4 is 26.2 Å². The maximum atomic E-state index is 5.74. The monoisotopic (exact) mass is 1600 g/mol. The van der Waals surface area contributed by atoms with Gasteiger partial charge in [0, 0.05) is 72.2 Å². The molecule has 7 nitrogen and oxygen atoms in total. The molecule has 0 fully saturated rings. The van der Waals surface area contributed by atoms with Crippen LogP contribution in [-0.4, -0.2) is 30.8 Å². The maximum Gasteiger partial charge on any atom is 0.252 e. The summed E-state index contributed by atoms with van der Waals surface area (Å²) >= 11 is 0. The first-order chi connectivity index (χ1) is 58.4. The zero-order valence-corrected chi connectivity index (χ0v) is 75.5. The number of aromatic nitrogens is 5. The van der Waals surface area contributed by atoms with Crippen molar-refractivity contribution in [2.45, 2.75) is 183 Å². The van der Waals surface area contributed by atoms with Crippen molar-refractivity contribution in [3.63, 3.8) is 0 Å². The number of nitrogens with zero attached hydrogens (tertiary/aromatic N) is 7. The molecule has 2 aliphatic heterocycles. The molecule has 19 rings (SSSR count). The van der Waals surface area contributed by atoms with Crippen LogP contribution in [0.15, 0.2) is 297 Å². The van der Waals surface area contributed by atoms with Gasteiger partial charge in [-0.15, -0.1) is 0 Å². The van der Waals surface area contributed by atoms with Gasteiger partial charge in [0.2, 0.25) is 0 Å². The highest BCUT2D eigenvalue weighted by atomic mass is 15.2. The molecule has 0 aliphatic carbocycles. The number of fused-ring (bicyclic) bond motifs is 10. The second-order valence-corrected chi connectivity index (χ2v) is 41.9. The fraction of sp³-hybridized carbons (Fsp3) is 0.243. The van der Waals surface area contributed by atoms with Crippen LogP contribution in [0, 0.1) is 0 Å². The summed E-state index contributed by atoms with van der Waals surface area (Å²) in [5.41, 5.74) is 33.9. The Hall–Kier alpha value is -12.6. The largest absolute Gasteiger partial charge is 0.311 e. The van der Waals surface area contributed by atoms with Crippen LogP contribution in [0.4, 0.5) is 34.1 Å². The highest BCUT2D eigenvalue weighted by Crippen LogP contribution is 2.53. The number of hydrogen-bond donors (Lipinski definition) is 0. The van der Waals surface area contributed by atoms with Gasteiger partial charge in [-0.1, -0.05) is 340 Å². The zero-order valence-electron chi connectivity index (χ0n) is 75.5. The smallest absolute Gasteiger partial charge is 0.252 e. The van der Waals surface area contributed by atoms with Crippen molar-refractivity contribution in [3.05, 3.63) is 336 Å². The van der Waals surface area contributed by atoms with E-state index in [0.29, 0.717) is 17.5 Å². The SMILES string of the molecule is CC(C)(C)c1cc(-c2ccc3c(c2)N(c2ccc(C(C)(C)C)cc2-c2nc(-c4ccccc4)nc(-c4ccccc4)n2)c2cc(-n4c5ccc(C(C)(C)C)cc5c5cc(C(C)(C)C)ccc54)cc4c2B3c2ccc(-n3c5ccc(C(C)(C)C)cc5c5cc(C(C)(C)C)ccc53)cc2N4c2ccc(-c3ccccc3)cc2-c2ccccc2)cc(C(C)(C)C)c1. The van der Waals surface area contributed by atoms with Gasteiger partial charge in [0.05, 0.1) is 39.1 Å². The lowest BCUT2D eigenvalue weighted by Crippen LogP contribution is -2.61. The highest BCUT2D eigenvalue weighted by molar-refractivity contribution is 7.00. The molecule has 5 heterocycles. The molecule has 3 aromatic heterocycles. The van der Waals surface area contributed by atoms with Gasteiger partial charge in [-0.25, -0.2) is 15.0 Å². The molecule has 0 spiro atoms. The zero-order chi connectivity index (χ0) is 86.1. The summed E-state index contributed by atoms with van der Waals surface area (Å²) in [6.07, 6.45) is 0. The minimum absolute atomic E-state index is 0.0847. The Morgan fingerprint density at radius 1 is 0.211 bits per heavy atom. The van der Waals surface area contributed by atoms with E-state index in [2.05, 4.69) is 462 Å². The van der Waals surface area contributed by atoms with Crippen molar-refractivity contribution in [2.75, 3.05) is 9.80 Å². The van der Waals surface area contributed by atoms with Crippen LogP contribution >= 0.6 is 0 Å². The van der Waals surface area contributed by atoms with Crippen molar-refractivity contribution < 1.29 is 0 Å². The number of anilines is 6. The first-order valence-corrected chi connectivity index (χ1v) is 44.1. The molecular weight excluding hydrogens is 1490 g/mol. The molecule has 14 aromatic carbocycles. The molecule has 0 saturated heterocycles. The van der Waals surface area contributed by atoms with Crippen LogP contribution in [0.3, 0.4) is 0 Å². The van der Waals surface area contributed by atoms with Crippen LogP contribution in [0.2, 0.25) is 0 Å². The minimum atomic E-state index is -0.327. The standard InChI is InChI=1S/C115H112BN7/c1-109(2,3)78-44-53-96-88(63-78)89-64-79(110(4,5)6)45-54-97(89)120(96)85-49-51-94-102(68-85)122(95-52-43-75(71-34-26-22-27-35-71)60-87(95)72-36-28-23-29-37-72)103-69-86(121-98-55-46-80(111(7,8)9)65-90(98)91-66-81(112(10,11)12)47-56-99(91)121)70-104-105(103)116(94)93-50-42-76(77-58-83(114(16,17)18)62-84(59-77)115(19,20)21)61-101(93)123(104)100-57-48-82(113(13,14)15)67-92(100)108-118-106(73-38-30-24-31-39-73)117-107(119-108)74-40-32-25-33-41-74/h22-70H,1-21H3. The Kier molecular flexibility index (Phi) is 18.9. The van der Waals surface area contributed by atoms with E-state index in [9.17, 15) is 0 Å². The van der Waals surface area contributed by atoms with Crippen molar-refractivity contribution in [1.82, 2.24) is 24.1 Å². The minimum Gasteiger partial charge on any atom is -0.311 e. The van der Waals surface area contributed by atoms with Crippen molar-refractivity contribution >= 4 is 101 Å². The van der Waals surface area contributed by atoms with Gasteiger partial charge in [-0.3, -0.25) is 0 Å². The van der Waals surface area contributed by atoms with Gasteiger partial charge in [-0.2, -0.15) is 0 Å². The van der Waals surface area contributed by atoms with E-state index in [0.717, 1.165) is 107 Å². The Morgan fingerprint density at radius 3 is 0.976 bits per heavy atom. The van der Waals surface area contributed by atoms with E-state index < -0.39 is 0 Å². The Labute approximate surface area is 728 Å². The third-order valence-corrected chi connectivity index (χ3v) is 26.0. The molecule has 0 amide bonds. The molecule has 0 radical (unpaired) electrons. The molecule has 2 aliphatic rings. The summed E-state index contributed by atoms with van der Waals surface area (Å²) in [6.45, 7) is 48.8. The second-order valence-electron chi connectivity index (χ2n) is 41.9. The highest BCUT2D eigenvalue weighted by Gasteiger charge is 2.46. The average molecular weight is 1600 g/mol. The molecule has 0 atom stereocenters. The van der Waals surface area contributed by atoms with Crippen molar-refractivity contribution in [1.29, 1.82) is 0 Å². The normalized spacial score (nSPS) is 13.4. The fourth-order valence-electron chi connectivity index (χ4n) is 18.8. The summed E-state index contributed by atoms with van der Waals surface area (Å²) in [4.78, 5) is 22.2. The lowest BCUT2D eigenvalue weighted by Gasteiger charge is -2.45. The van der Waals surface area contributed by atoms with Crippen LogP contribution in [-0.2, 0) is 37.9 Å². The third kappa shape index (κ3) is 14.3. The molecule has 123 heavy (non-hydrogen) atoms. The molecule has 0 unspecified atom stereocenters. The maximum absolute atomic E-state index is 5.74. The lowest BCUT2D eigenvalue weighted by atomic mass is 9.33. The third-order valence-electron chi connectivity index (χ3n) is 26.0. The van der Waals surface area contributed by atoms with Crippen molar-refractivity contribution in [2.24, 2.45) is 0 Å². The molecule has 0 N–H and O–H groups in total. The molecule has 0 saturated carbocycles. The molecule has 8 heteroatoms. The summed E-state index contributed by atoms with van der Waals surface area (Å²) in [5.74, 6) is 1.77. The van der Waals surface area contributed by atoms with E-state index in [-0.39, 0.29) is 44.6 Å². The quantitative estimate of drug-likeness (QED) is 0.128. The number of hydrogen-bond acceptors (Lipinski definition) is 5. The van der Waals surface area contributed by atoms with Gasteiger partial charge < -0.3 is 18.9 Å². The van der Waals surface area contributed by atoms with Gasteiger partial charge in [-0.05, 0) is 224 Å². The van der Waals surface area contributed by atoms with Gasteiger partial charge in [0.1, 0.15) is 0 Å². The molecule has 610 valence electrons. The topological polar surface area (TPSA) is 55.0 Å². The molecular formula is C115H112BN7. The van der Waals surface area contributed by atoms with Crippen LogP contribution in [0.1, 0.15) is 184 Å². The van der Waals surface area contributed by atoms with Crippen LogP contribution in [0.5, 0.6) is 0 Å². The number of rotatable bonds is 10. The van der Waals surface area contributed by atoms with Crippen LogP contribution in [0.25, 0.3) is 123 Å². The lowest BCUT2D eigenvalue weighted by molar-refractivity contribution is 0.569. The van der Waals surface area contributed by atoms with E-state index in [1.54, 1.807) is 0 Å². The Bertz CT molecular complexity index is 6840. The van der Waals surface area contributed by atoms with Gasteiger partial charge in [0.25, 0.3) is 6.71 Å². The van der Waals surface area contributed by atoms with E-state index in [1.807, 2.05) is 0 Å². The molecule has 17 aromatic rings. The second kappa shape index (κ2) is 29.0. The first kappa shape index (κ1) is 80.1. The van der Waals surface area contributed by atoms with E-state index in [1.165, 1.54) is 87.9 Å². The van der Waals surface area contributed by atoms with E-state index in [4.69, 9.17) is 15.0 Å². The Morgan fingerprint density at radius 2 is 0.545 bits per heavy atom.